The molecular weight excluding hydrogens is 558 g/mol. The van der Waals surface area contributed by atoms with Crippen LogP contribution in [0.3, 0.4) is 0 Å². The average Bonchev–Trinajstić information content (AvgIpc) is 2.79. The fourth-order valence-corrected chi connectivity index (χ4v) is 7.41. The minimum absolute atomic E-state index is 0.247. The summed E-state index contributed by atoms with van der Waals surface area (Å²) in [6, 6.07) is 18.1. The molecule has 0 heterocycles. The molecule has 4 aromatic carbocycles. The van der Waals surface area contributed by atoms with Gasteiger partial charge < -0.3 is 4.74 Å². The summed E-state index contributed by atoms with van der Waals surface area (Å²) in [6.45, 7) is 16.3. The summed E-state index contributed by atoms with van der Waals surface area (Å²) in [6.07, 6.45) is 0. The molecule has 0 saturated heterocycles. The molecule has 0 aliphatic carbocycles. The van der Waals surface area contributed by atoms with Crippen molar-refractivity contribution in [3.8, 4) is 16.9 Å². The molecule has 0 unspecified atom stereocenters. The van der Waals surface area contributed by atoms with Crippen LogP contribution >= 0.6 is 15.9 Å². The zero-order valence-electron chi connectivity index (χ0n) is 23.8. The summed E-state index contributed by atoms with van der Waals surface area (Å²) < 4.78 is 38.6. The number of sulfonamides is 1. The Kier molecular flexibility index (Phi) is 7.50. The first-order valence-corrected chi connectivity index (χ1v) is 15.2. The molecular formula is C32H38BrNO3S. The van der Waals surface area contributed by atoms with Crippen molar-refractivity contribution in [2.24, 2.45) is 0 Å². The van der Waals surface area contributed by atoms with E-state index in [1.807, 2.05) is 44.2 Å². The van der Waals surface area contributed by atoms with Crippen molar-refractivity contribution in [3.63, 3.8) is 0 Å². The van der Waals surface area contributed by atoms with Crippen molar-refractivity contribution in [1.82, 2.24) is 4.72 Å². The lowest BCUT2D eigenvalue weighted by Crippen LogP contribution is -2.33. The first kappa shape index (κ1) is 28.6. The normalized spacial score (nSPS) is 13.0. The highest BCUT2D eigenvalue weighted by molar-refractivity contribution is 9.10. The summed E-state index contributed by atoms with van der Waals surface area (Å²) in [5.41, 5.74) is 2.58. The van der Waals surface area contributed by atoms with Crippen molar-refractivity contribution in [2.75, 3.05) is 7.11 Å². The molecule has 0 bridgehead atoms. The summed E-state index contributed by atoms with van der Waals surface area (Å²) in [4.78, 5) is 0.311. The van der Waals surface area contributed by atoms with Gasteiger partial charge >= 0.3 is 0 Å². The zero-order chi connectivity index (χ0) is 28.2. The van der Waals surface area contributed by atoms with Gasteiger partial charge in [-0.1, -0.05) is 87.8 Å². The Hall–Kier alpha value is -2.41. The number of fused-ring (bicyclic) bond motifs is 2. The lowest BCUT2D eigenvalue weighted by Gasteiger charge is -2.30. The first-order valence-electron chi connectivity index (χ1n) is 13.0. The van der Waals surface area contributed by atoms with Gasteiger partial charge in [-0.05, 0) is 76.1 Å². The van der Waals surface area contributed by atoms with Crippen molar-refractivity contribution in [2.45, 2.75) is 77.2 Å². The van der Waals surface area contributed by atoms with Crippen LogP contribution in [0.15, 0.2) is 64.0 Å². The molecule has 0 amide bonds. The van der Waals surface area contributed by atoms with Gasteiger partial charge in [0.1, 0.15) is 5.75 Å². The van der Waals surface area contributed by atoms with Crippen molar-refractivity contribution >= 4 is 47.5 Å². The third-order valence-electron chi connectivity index (χ3n) is 6.79. The quantitative estimate of drug-likeness (QED) is 0.251. The lowest BCUT2D eigenvalue weighted by molar-refractivity contribution is 0.400. The van der Waals surface area contributed by atoms with E-state index in [0.717, 1.165) is 42.7 Å². The molecule has 0 radical (unpaired) electrons. The van der Waals surface area contributed by atoms with Gasteiger partial charge in [-0.2, -0.15) is 0 Å². The number of hydrogen-bond donors (Lipinski definition) is 1. The molecule has 202 valence electrons. The number of benzene rings is 4. The standard InChI is InChI=1S/C32H38BrNO3S/c1-19(2)34-38(35,36)30-26(32(6,7)8)17-20-12-10-11-13-23(20)28(30)27-24-15-14-22(33)16-21(24)18-25(29(27)37-9)31(3,4)5/h10-19,34H,1-9H3. The van der Waals surface area contributed by atoms with Crippen LogP contribution in [0.4, 0.5) is 0 Å². The highest BCUT2D eigenvalue weighted by Gasteiger charge is 2.34. The maximum atomic E-state index is 14.3. The van der Waals surface area contributed by atoms with Gasteiger partial charge in [0, 0.05) is 27.2 Å². The largest absolute Gasteiger partial charge is 0.496 e. The van der Waals surface area contributed by atoms with Crippen LogP contribution in [0.25, 0.3) is 32.7 Å². The Labute approximate surface area is 236 Å². The second-order valence-corrected chi connectivity index (χ2v) is 14.9. The van der Waals surface area contributed by atoms with Gasteiger partial charge in [0.05, 0.1) is 12.0 Å². The molecule has 6 heteroatoms. The van der Waals surface area contributed by atoms with Gasteiger partial charge in [-0.25, -0.2) is 13.1 Å². The van der Waals surface area contributed by atoms with E-state index >= 15 is 0 Å². The molecule has 0 saturated carbocycles. The summed E-state index contributed by atoms with van der Waals surface area (Å²) in [7, 11) is -2.23. The zero-order valence-corrected chi connectivity index (χ0v) is 26.2. The molecule has 0 aliphatic heterocycles. The van der Waals surface area contributed by atoms with E-state index in [1.54, 1.807) is 7.11 Å². The Morgan fingerprint density at radius 2 is 1.37 bits per heavy atom. The average molecular weight is 597 g/mol. The van der Waals surface area contributed by atoms with Crippen LogP contribution in [-0.2, 0) is 20.9 Å². The van der Waals surface area contributed by atoms with Crippen LogP contribution in [0.1, 0.15) is 66.5 Å². The second-order valence-electron chi connectivity index (χ2n) is 12.3. The summed E-state index contributed by atoms with van der Waals surface area (Å²) >= 11 is 3.64. The molecule has 0 spiro atoms. The monoisotopic (exact) mass is 595 g/mol. The van der Waals surface area contributed by atoms with Crippen LogP contribution < -0.4 is 9.46 Å². The first-order chi connectivity index (χ1) is 17.6. The Morgan fingerprint density at radius 3 is 1.95 bits per heavy atom. The van der Waals surface area contributed by atoms with Gasteiger partial charge in [0.15, 0.2) is 0 Å². The Morgan fingerprint density at radius 1 is 0.789 bits per heavy atom. The van der Waals surface area contributed by atoms with E-state index in [2.05, 4.69) is 86.5 Å². The molecule has 38 heavy (non-hydrogen) atoms. The van der Waals surface area contributed by atoms with E-state index in [0.29, 0.717) is 16.2 Å². The van der Waals surface area contributed by atoms with E-state index in [9.17, 15) is 8.42 Å². The summed E-state index contributed by atoms with van der Waals surface area (Å²) in [5, 5.41) is 3.82. The van der Waals surface area contributed by atoms with Crippen molar-refractivity contribution in [3.05, 3.63) is 70.2 Å². The van der Waals surface area contributed by atoms with E-state index < -0.39 is 15.4 Å². The third-order valence-corrected chi connectivity index (χ3v) is 9.02. The molecule has 0 aromatic heterocycles. The second kappa shape index (κ2) is 9.96. The van der Waals surface area contributed by atoms with Crippen LogP contribution in [0.2, 0.25) is 0 Å². The SMILES string of the molecule is COc1c(C(C)(C)C)cc2cc(Br)ccc2c1-c1c(S(=O)(=O)NC(C)C)c(C(C)(C)C)cc2ccccc12. The molecule has 0 fully saturated rings. The number of ether oxygens (including phenoxy) is 1. The van der Waals surface area contributed by atoms with E-state index in [-0.39, 0.29) is 11.5 Å². The molecule has 0 atom stereocenters. The van der Waals surface area contributed by atoms with Crippen LogP contribution in [-0.4, -0.2) is 21.6 Å². The van der Waals surface area contributed by atoms with Gasteiger partial charge in [-0.3, -0.25) is 0 Å². The summed E-state index contributed by atoms with van der Waals surface area (Å²) in [5.74, 6) is 0.699. The fourth-order valence-electron chi connectivity index (χ4n) is 5.16. The smallest absolute Gasteiger partial charge is 0.241 e. The predicted octanol–water partition coefficient (Wildman–Crippen LogP) is 8.71. The number of nitrogens with one attached hydrogen (secondary N) is 1. The van der Waals surface area contributed by atoms with E-state index in [1.165, 1.54) is 0 Å². The topological polar surface area (TPSA) is 55.4 Å². The molecule has 4 rings (SSSR count). The minimum Gasteiger partial charge on any atom is -0.496 e. The number of methoxy groups -OCH3 is 1. The maximum Gasteiger partial charge on any atom is 0.241 e. The van der Waals surface area contributed by atoms with Gasteiger partial charge in [0.25, 0.3) is 0 Å². The third kappa shape index (κ3) is 5.23. The maximum absolute atomic E-state index is 14.3. The van der Waals surface area contributed by atoms with Gasteiger partial charge in [0.2, 0.25) is 10.0 Å². The lowest BCUT2D eigenvalue weighted by atomic mass is 9.79. The van der Waals surface area contributed by atoms with Crippen molar-refractivity contribution < 1.29 is 13.2 Å². The van der Waals surface area contributed by atoms with E-state index in [4.69, 9.17) is 4.74 Å². The fraction of sp³-hybridized carbons (Fsp3) is 0.375. The predicted molar refractivity (Wildman–Crippen MR) is 164 cm³/mol. The van der Waals surface area contributed by atoms with Crippen LogP contribution in [0.5, 0.6) is 5.75 Å². The Balaban J connectivity index is 2.40. The minimum atomic E-state index is -3.91. The molecule has 4 nitrogen and oxygen atoms in total. The van der Waals surface area contributed by atoms with Gasteiger partial charge in [-0.15, -0.1) is 0 Å². The highest BCUT2D eigenvalue weighted by Crippen LogP contribution is 2.50. The van der Waals surface area contributed by atoms with Crippen molar-refractivity contribution in [1.29, 1.82) is 0 Å². The molecule has 4 aromatic rings. The Bertz CT molecular complexity index is 1640. The number of halogens is 1. The molecule has 0 aliphatic rings. The number of rotatable bonds is 5. The highest BCUT2D eigenvalue weighted by atomic mass is 79.9. The van der Waals surface area contributed by atoms with Crippen LogP contribution in [0, 0.1) is 0 Å². The number of hydrogen-bond acceptors (Lipinski definition) is 3. The molecule has 1 N–H and O–H groups in total.